The molecule has 2 aromatic carbocycles. The zero-order valence-corrected chi connectivity index (χ0v) is 16.7. The van der Waals surface area contributed by atoms with Gasteiger partial charge in [-0.25, -0.2) is 4.79 Å². The van der Waals surface area contributed by atoms with E-state index in [4.69, 9.17) is 9.72 Å². The molecule has 0 unspecified atom stereocenters. The van der Waals surface area contributed by atoms with Crippen LogP contribution in [0.5, 0.6) is 0 Å². The summed E-state index contributed by atoms with van der Waals surface area (Å²) in [5.41, 5.74) is 4.21. The number of nitrogens with one attached hydrogen (secondary N) is 1. The van der Waals surface area contributed by atoms with Crippen LogP contribution >= 0.6 is 0 Å². The van der Waals surface area contributed by atoms with Gasteiger partial charge in [0.15, 0.2) is 12.4 Å². The molecule has 0 spiro atoms. The third kappa shape index (κ3) is 4.08. The number of Topliss-reactive ketones (excluding diaryl/α,β-unsaturated/α-hetero) is 1. The number of carbonyl (C=O) groups excluding carboxylic acids is 3. The molecule has 4 rings (SSSR count). The molecule has 0 saturated heterocycles. The van der Waals surface area contributed by atoms with Gasteiger partial charge in [0.05, 0.1) is 11.1 Å². The molecule has 0 radical (unpaired) electrons. The summed E-state index contributed by atoms with van der Waals surface area (Å²) < 4.78 is 5.43. The van der Waals surface area contributed by atoms with E-state index in [0.717, 1.165) is 47.8 Å². The van der Waals surface area contributed by atoms with Crippen molar-refractivity contribution in [1.82, 2.24) is 4.98 Å². The first-order chi connectivity index (χ1) is 14.5. The van der Waals surface area contributed by atoms with E-state index in [2.05, 4.69) is 5.32 Å². The van der Waals surface area contributed by atoms with E-state index in [9.17, 15) is 14.4 Å². The number of pyridine rings is 1. The molecule has 6 nitrogen and oxygen atoms in total. The lowest BCUT2D eigenvalue weighted by Gasteiger charge is -2.19. The highest BCUT2D eigenvalue weighted by Gasteiger charge is 2.24. The number of aryl methyl sites for hydroxylation is 1. The fourth-order valence-electron chi connectivity index (χ4n) is 3.84. The number of hydrogen-bond donors (Lipinski definition) is 1. The van der Waals surface area contributed by atoms with Gasteiger partial charge in [-0.3, -0.25) is 14.6 Å². The second-order valence-corrected chi connectivity index (χ2v) is 7.39. The summed E-state index contributed by atoms with van der Waals surface area (Å²) in [7, 11) is 0. The van der Waals surface area contributed by atoms with Gasteiger partial charge in [-0.05, 0) is 61.6 Å². The minimum absolute atomic E-state index is 0.184. The zero-order valence-electron chi connectivity index (χ0n) is 16.7. The maximum atomic E-state index is 13.0. The molecule has 0 aliphatic heterocycles. The molecule has 6 heteroatoms. The number of para-hydroxylation sites is 1. The van der Waals surface area contributed by atoms with Crippen molar-refractivity contribution < 1.29 is 19.1 Å². The van der Waals surface area contributed by atoms with Crippen LogP contribution in [0.3, 0.4) is 0 Å². The summed E-state index contributed by atoms with van der Waals surface area (Å²) in [6.45, 7) is 1.07. The van der Waals surface area contributed by atoms with Crippen molar-refractivity contribution in [2.45, 2.75) is 32.6 Å². The fourth-order valence-corrected chi connectivity index (χ4v) is 3.84. The Balaban J connectivity index is 1.54. The molecule has 152 valence electrons. The van der Waals surface area contributed by atoms with Gasteiger partial charge in [0, 0.05) is 29.3 Å². The van der Waals surface area contributed by atoms with Crippen molar-refractivity contribution in [3.8, 4) is 0 Å². The van der Waals surface area contributed by atoms with E-state index in [-0.39, 0.29) is 18.3 Å². The lowest BCUT2D eigenvalue weighted by atomic mass is 9.90. The van der Waals surface area contributed by atoms with Gasteiger partial charge >= 0.3 is 5.97 Å². The molecular formula is C24H22N2O4. The van der Waals surface area contributed by atoms with Crippen molar-refractivity contribution in [2.24, 2.45) is 0 Å². The van der Waals surface area contributed by atoms with Crippen LogP contribution in [-0.4, -0.2) is 29.3 Å². The third-order valence-electron chi connectivity index (χ3n) is 5.24. The molecule has 1 heterocycles. The van der Waals surface area contributed by atoms with Crippen LogP contribution in [0.1, 0.15) is 51.7 Å². The van der Waals surface area contributed by atoms with Crippen LogP contribution < -0.4 is 5.32 Å². The van der Waals surface area contributed by atoms with Crippen molar-refractivity contribution in [3.05, 3.63) is 70.9 Å². The van der Waals surface area contributed by atoms with E-state index in [1.165, 1.54) is 6.92 Å². The summed E-state index contributed by atoms with van der Waals surface area (Å²) in [6.07, 6.45) is 3.70. The number of amides is 1. The normalized spacial score (nSPS) is 12.8. The number of rotatable bonds is 5. The zero-order chi connectivity index (χ0) is 21.1. The van der Waals surface area contributed by atoms with E-state index >= 15 is 0 Å². The molecule has 1 aromatic heterocycles. The maximum absolute atomic E-state index is 13.0. The SMILES string of the molecule is CC(=O)Nc1ccc(C(=O)COC(=O)c2c3c(nc4ccccc24)CCCC3)cc1. The van der Waals surface area contributed by atoms with Gasteiger partial charge in [-0.15, -0.1) is 0 Å². The Kier molecular flexibility index (Phi) is 5.57. The monoisotopic (exact) mass is 402 g/mol. The van der Waals surface area contributed by atoms with Gasteiger partial charge in [-0.2, -0.15) is 0 Å². The lowest BCUT2D eigenvalue weighted by molar-refractivity contribution is -0.114. The number of benzene rings is 2. The topological polar surface area (TPSA) is 85.4 Å². The molecule has 0 bridgehead atoms. The minimum atomic E-state index is -0.491. The smallest absolute Gasteiger partial charge is 0.339 e. The second-order valence-electron chi connectivity index (χ2n) is 7.39. The largest absolute Gasteiger partial charge is 0.454 e. The summed E-state index contributed by atoms with van der Waals surface area (Å²) in [4.78, 5) is 41.3. The number of ether oxygens (including phenoxy) is 1. The number of ketones is 1. The predicted octanol–water partition coefficient (Wildman–Crippen LogP) is 4.11. The Morgan fingerprint density at radius 2 is 1.73 bits per heavy atom. The van der Waals surface area contributed by atoms with Crippen LogP contribution in [0.2, 0.25) is 0 Å². The first-order valence-electron chi connectivity index (χ1n) is 10.0. The second kappa shape index (κ2) is 8.45. The van der Waals surface area contributed by atoms with Crippen LogP contribution in [0.25, 0.3) is 10.9 Å². The van der Waals surface area contributed by atoms with Crippen LogP contribution in [0.4, 0.5) is 5.69 Å². The average Bonchev–Trinajstić information content (AvgIpc) is 2.75. The number of esters is 1. The van der Waals surface area contributed by atoms with Gasteiger partial charge in [0.1, 0.15) is 0 Å². The molecule has 1 aliphatic carbocycles. The van der Waals surface area contributed by atoms with Crippen molar-refractivity contribution in [1.29, 1.82) is 0 Å². The van der Waals surface area contributed by atoms with Gasteiger partial charge in [0.25, 0.3) is 0 Å². The molecule has 3 aromatic rings. The summed E-state index contributed by atoms with van der Waals surface area (Å²) in [5.74, 6) is -0.976. The summed E-state index contributed by atoms with van der Waals surface area (Å²) >= 11 is 0. The number of fused-ring (bicyclic) bond motifs is 2. The number of carbonyl (C=O) groups is 3. The fraction of sp³-hybridized carbons (Fsp3) is 0.250. The molecule has 1 amide bonds. The van der Waals surface area contributed by atoms with Crippen LogP contribution in [0.15, 0.2) is 48.5 Å². The molecule has 0 atom stereocenters. The Bertz CT molecular complexity index is 1140. The Morgan fingerprint density at radius 1 is 1.00 bits per heavy atom. The Hall–Kier alpha value is -3.54. The van der Waals surface area contributed by atoms with E-state index in [1.54, 1.807) is 24.3 Å². The van der Waals surface area contributed by atoms with E-state index < -0.39 is 5.97 Å². The Morgan fingerprint density at radius 3 is 2.50 bits per heavy atom. The highest BCUT2D eigenvalue weighted by Crippen LogP contribution is 2.29. The van der Waals surface area contributed by atoms with E-state index in [0.29, 0.717) is 16.8 Å². The average molecular weight is 402 g/mol. The first-order valence-corrected chi connectivity index (χ1v) is 10.0. The van der Waals surface area contributed by atoms with Gasteiger partial charge in [-0.1, -0.05) is 18.2 Å². The van der Waals surface area contributed by atoms with Crippen LogP contribution in [0, 0.1) is 0 Å². The molecule has 0 fully saturated rings. The summed E-state index contributed by atoms with van der Waals surface area (Å²) in [5, 5.41) is 3.41. The number of nitrogens with zero attached hydrogens (tertiary/aromatic N) is 1. The van der Waals surface area contributed by atoms with Crippen molar-refractivity contribution >= 4 is 34.3 Å². The Labute approximate surface area is 174 Å². The van der Waals surface area contributed by atoms with Crippen LogP contribution in [-0.2, 0) is 22.4 Å². The number of aromatic nitrogens is 1. The minimum Gasteiger partial charge on any atom is -0.454 e. The maximum Gasteiger partial charge on any atom is 0.339 e. The highest BCUT2D eigenvalue weighted by molar-refractivity contribution is 6.06. The summed E-state index contributed by atoms with van der Waals surface area (Å²) in [6, 6.07) is 14.0. The molecule has 30 heavy (non-hydrogen) atoms. The number of anilines is 1. The lowest BCUT2D eigenvalue weighted by Crippen LogP contribution is -2.19. The van der Waals surface area contributed by atoms with E-state index in [1.807, 2.05) is 24.3 Å². The molecule has 1 aliphatic rings. The quantitative estimate of drug-likeness (QED) is 0.513. The molecule has 0 saturated carbocycles. The van der Waals surface area contributed by atoms with Gasteiger partial charge in [0.2, 0.25) is 5.91 Å². The third-order valence-corrected chi connectivity index (χ3v) is 5.24. The van der Waals surface area contributed by atoms with Crippen molar-refractivity contribution in [2.75, 3.05) is 11.9 Å². The first kappa shape index (κ1) is 19.8. The number of hydrogen-bond acceptors (Lipinski definition) is 5. The standard InChI is InChI=1S/C24H22N2O4/c1-15(27)25-17-12-10-16(11-13-17)22(28)14-30-24(29)23-18-6-2-4-8-20(18)26-21-9-5-3-7-19(21)23/h2,4,6,8,10-13H,3,5,7,9,14H2,1H3,(H,25,27). The molecule has 1 N–H and O–H groups in total. The van der Waals surface area contributed by atoms with Crippen molar-refractivity contribution in [3.63, 3.8) is 0 Å². The van der Waals surface area contributed by atoms with Gasteiger partial charge < -0.3 is 10.1 Å². The molecular weight excluding hydrogens is 380 g/mol. The predicted molar refractivity (Wildman–Crippen MR) is 114 cm³/mol. The highest BCUT2D eigenvalue weighted by atomic mass is 16.5.